The Bertz CT molecular complexity index is 1360. The molecule has 2 aromatic heterocycles. The third-order valence-corrected chi connectivity index (χ3v) is 5.99. The molecular formula is C22H23ClN6O4S. The maximum Gasteiger partial charge on any atom is 0.253 e. The number of nitrogen functional groups attached to an aromatic ring is 1. The van der Waals surface area contributed by atoms with E-state index in [4.69, 9.17) is 26.9 Å². The van der Waals surface area contributed by atoms with E-state index in [-0.39, 0.29) is 34.2 Å². The number of aliphatic hydroxyl groups excluding tert-OH is 1. The molecule has 0 aliphatic carbocycles. The molecule has 34 heavy (non-hydrogen) atoms. The van der Waals surface area contributed by atoms with E-state index in [9.17, 15) is 8.42 Å². The Morgan fingerprint density at radius 1 is 1.15 bits per heavy atom. The number of aryl methyl sites for hydroxylation is 1. The lowest BCUT2D eigenvalue weighted by molar-refractivity contribution is 0.299. The summed E-state index contributed by atoms with van der Waals surface area (Å²) in [6.45, 7) is 1.90. The number of halogens is 1. The van der Waals surface area contributed by atoms with Gasteiger partial charge in [0, 0.05) is 31.7 Å². The zero-order valence-corrected chi connectivity index (χ0v) is 20.0. The summed E-state index contributed by atoms with van der Waals surface area (Å²) in [6.07, 6.45) is 3.30. The molecule has 2 aromatic carbocycles. The van der Waals surface area contributed by atoms with Gasteiger partial charge in [-0.2, -0.15) is 4.98 Å². The lowest BCUT2D eigenvalue weighted by Crippen LogP contribution is -2.03. The molecule has 0 bridgehead atoms. The van der Waals surface area contributed by atoms with E-state index >= 15 is 0 Å². The van der Waals surface area contributed by atoms with Crippen molar-refractivity contribution in [1.82, 2.24) is 20.2 Å². The first kappa shape index (κ1) is 25.1. The van der Waals surface area contributed by atoms with E-state index < -0.39 is 9.84 Å². The monoisotopic (exact) mass is 502 g/mol. The number of sulfone groups is 1. The van der Waals surface area contributed by atoms with Gasteiger partial charge in [-0.25, -0.2) is 13.4 Å². The maximum atomic E-state index is 11.6. The van der Waals surface area contributed by atoms with Gasteiger partial charge in [0.25, 0.3) is 5.89 Å². The van der Waals surface area contributed by atoms with Gasteiger partial charge in [0.2, 0.25) is 11.8 Å². The van der Waals surface area contributed by atoms with Crippen molar-refractivity contribution in [3.63, 3.8) is 0 Å². The molecule has 178 valence electrons. The number of nitrogens with zero attached hydrogens (tertiary/aromatic N) is 4. The van der Waals surface area contributed by atoms with E-state index in [0.29, 0.717) is 17.1 Å². The zero-order valence-electron chi connectivity index (χ0n) is 18.4. The number of hydrogen-bond acceptors (Lipinski definition) is 10. The van der Waals surface area contributed by atoms with Crippen LogP contribution in [-0.2, 0) is 16.3 Å². The molecule has 0 spiro atoms. The molecule has 0 unspecified atom stereocenters. The smallest absolute Gasteiger partial charge is 0.253 e. The van der Waals surface area contributed by atoms with Crippen molar-refractivity contribution in [3.8, 4) is 11.5 Å². The average Bonchev–Trinajstić information content (AvgIpc) is 3.20. The second kappa shape index (κ2) is 11.1. The molecule has 0 saturated carbocycles. The number of rotatable bonds is 6. The van der Waals surface area contributed by atoms with E-state index in [2.05, 4.69) is 25.5 Å². The fraction of sp³-hybridized carbons (Fsp3) is 0.182. The predicted octanol–water partition coefficient (Wildman–Crippen LogP) is 3.44. The van der Waals surface area contributed by atoms with Crippen molar-refractivity contribution in [1.29, 1.82) is 0 Å². The molecular weight excluding hydrogens is 480 g/mol. The molecule has 0 aliphatic rings. The second-order valence-electron chi connectivity index (χ2n) is 7.12. The lowest BCUT2D eigenvalue weighted by Gasteiger charge is -2.08. The van der Waals surface area contributed by atoms with Crippen LogP contribution in [0.4, 0.5) is 17.5 Å². The zero-order chi connectivity index (χ0) is 24.7. The number of anilines is 3. The van der Waals surface area contributed by atoms with E-state index in [0.717, 1.165) is 12.7 Å². The van der Waals surface area contributed by atoms with Gasteiger partial charge in [-0.15, -0.1) is 10.2 Å². The summed E-state index contributed by atoms with van der Waals surface area (Å²) in [5, 5.41) is 19.1. The van der Waals surface area contributed by atoms with Crippen LogP contribution >= 0.6 is 11.6 Å². The number of aromatic nitrogens is 4. The largest absolute Gasteiger partial charge is 0.421 e. The van der Waals surface area contributed by atoms with Crippen LogP contribution in [0.5, 0.6) is 0 Å². The van der Waals surface area contributed by atoms with Crippen LogP contribution in [-0.4, -0.2) is 46.6 Å². The summed E-state index contributed by atoms with van der Waals surface area (Å²) in [6, 6.07) is 14.4. The molecule has 12 heteroatoms. The Morgan fingerprint density at radius 3 is 2.44 bits per heavy atom. The van der Waals surface area contributed by atoms with Gasteiger partial charge in [0.05, 0.1) is 15.5 Å². The van der Waals surface area contributed by atoms with Crippen molar-refractivity contribution in [2.24, 2.45) is 0 Å². The summed E-state index contributed by atoms with van der Waals surface area (Å²) in [4.78, 5) is 8.30. The minimum Gasteiger partial charge on any atom is -0.421 e. The van der Waals surface area contributed by atoms with Crippen molar-refractivity contribution < 1.29 is 17.9 Å². The van der Waals surface area contributed by atoms with Gasteiger partial charge in [-0.1, -0.05) is 41.9 Å². The van der Waals surface area contributed by atoms with Crippen molar-refractivity contribution >= 4 is 38.9 Å². The standard InChI is InChI=1S/C14H13ClN6O3S.C8H10O/c1-7-20-21-13(24-7)9-6-17-14(19-12(9)16)18-8-3-4-11(10(15)5-8)25(2,22)23;9-7-6-8-4-2-1-3-5-8/h3-6H,1-2H3,(H3,16,17,18,19);1-5,9H,6-7H2. The van der Waals surface area contributed by atoms with Crippen LogP contribution in [0, 0.1) is 6.92 Å². The summed E-state index contributed by atoms with van der Waals surface area (Å²) < 4.78 is 28.4. The summed E-state index contributed by atoms with van der Waals surface area (Å²) in [7, 11) is -3.40. The summed E-state index contributed by atoms with van der Waals surface area (Å²) in [5.74, 6) is 0.986. The number of aliphatic hydroxyl groups is 1. The Kier molecular flexibility index (Phi) is 8.16. The first-order valence-electron chi connectivity index (χ1n) is 10.0. The van der Waals surface area contributed by atoms with Gasteiger partial charge in [-0.05, 0) is 30.2 Å². The van der Waals surface area contributed by atoms with Gasteiger partial charge >= 0.3 is 0 Å². The third-order valence-electron chi connectivity index (χ3n) is 4.41. The molecule has 0 fully saturated rings. The molecule has 0 saturated heterocycles. The normalized spacial score (nSPS) is 10.9. The fourth-order valence-corrected chi connectivity index (χ4v) is 4.14. The van der Waals surface area contributed by atoms with Crippen molar-refractivity contribution in [2.75, 3.05) is 23.9 Å². The number of nitrogens with two attached hydrogens (primary N) is 1. The molecule has 4 N–H and O–H groups in total. The van der Waals surface area contributed by atoms with Gasteiger partial charge < -0.3 is 20.6 Å². The topological polar surface area (TPSA) is 157 Å². The quantitative estimate of drug-likeness (QED) is 0.356. The van der Waals surface area contributed by atoms with E-state index in [1.165, 1.54) is 23.9 Å². The van der Waals surface area contributed by atoms with E-state index in [1.807, 2.05) is 30.3 Å². The fourth-order valence-electron chi connectivity index (χ4n) is 2.81. The number of hydrogen-bond donors (Lipinski definition) is 3. The SMILES string of the molecule is Cc1nnc(-c2cnc(Nc3ccc(S(C)(=O)=O)c(Cl)c3)nc2N)o1.OCCc1ccccc1. The van der Waals surface area contributed by atoms with Gasteiger partial charge in [-0.3, -0.25) is 0 Å². The van der Waals surface area contributed by atoms with Gasteiger partial charge in [0.15, 0.2) is 9.84 Å². The molecule has 0 amide bonds. The molecule has 0 aliphatic heterocycles. The molecule has 4 rings (SSSR count). The van der Waals surface area contributed by atoms with Crippen LogP contribution in [0.15, 0.2) is 64.0 Å². The molecule has 2 heterocycles. The first-order valence-corrected chi connectivity index (χ1v) is 12.3. The highest BCUT2D eigenvalue weighted by Gasteiger charge is 2.15. The second-order valence-corrected chi connectivity index (χ2v) is 9.51. The summed E-state index contributed by atoms with van der Waals surface area (Å²) >= 11 is 6.01. The van der Waals surface area contributed by atoms with Gasteiger partial charge in [0.1, 0.15) is 5.82 Å². The first-order chi connectivity index (χ1) is 16.2. The van der Waals surface area contributed by atoms with Crippen LogP contribution < -0.4 is 11.1 Å². The maximum absolute atomic E-state index is 11.6. The number of nitrogens with one attached hydrogen (secondary N) is 1. The molecule has 0 radical (unpaired) electrons. The van der Waals surface area contributed by atoms with E-state index in [1.54, 1.807) is 13.0 Å². The highest BCUT2D eigenvalue weighted by atomic mass is 35.5. The molecule has 10 nitrogen and oxygen atoms in total. The molecule has 0 atom stereocenters. The highest BCUT2D eigenvalue weighted by molar-refractivity contribution is 7.90. The Balaban J connectivity index is 0.000000302. The van der Waals surface area contributed by atoms with Crippen LogP contribution in [0.25, 0.3) is 11.5 Å². The van der Waals surface area contributed by atoms with Crippen LogP contribution in [0.3, 0.4) is 0 Å². The highest BCUT2D eigenvalue weighted by Crippen LogP contribution is 2.27. The van der Waals surface area contributed by atoms with Crippen LogP contribution in [0.2, 0.25) is 5.02 Å². The Hall–Kier alpha value is -3.54. The Morgan fingerprint density at radius 2 is 1.88 bits per heavy atom. The number of benzene rings is 2. The van der Waals surface area contributed by atoms with Crippen molar-refractivity contribution in [2.45, 2.75) is 18.2 Å². The lowest BCUT2D eigenvalue weighted by atomic mass is 10.2. The third kappa shape index (κ3) is 6.73. The average molecular weight is 503 g/mol. The summed E-state index contributed by atoms with van der Waals surface area (Å²) in [5.41, 5.74) is 8.02. The Labute approximate surface area is 201 Å². The minimum absolute atomic E-state index is 0.0438. The van der Waals surface area contributed by atoms with Crippen LogP contribution in [0.1, 0.15) is 11.5 Å². The van der Waals surface area contributed by atoms with Crippen molar-refractivity contribution in [3.05, 3.63) is 71.2 Å². The molecule has 4 aromatic rings. The minimum atomic E-state index is -3.40. The predicted molar refractivity (Wildman–Crippen MR) is 130 cm³/mol.